The summed E-state index contributed by atoms with van der Waals surface area (Å²) >= 11 is 0. The fourth-order valence-corrected chi connectivity index (χ4v) is 3.43. The van der Waals surface area contributed by atoms with Crippen LogP contribution in [0.1, 0.15) is 19.3 Å². The maximum atomic E-state index is 13.1. The van der Waals surface area contributed by atoms with Crippen LogP contribution in [-0.4, -0.2) is 42.2 Å². The Morgan fingerprint density at radius 3 is 2.86 bits per heavy atom. The number of β-amino-alcohol motifs (C(OH)–C–C–N with tert-alkyl or cyclic N) is 1. The first kappa shape index (κ1) is 14.5. The highest BCUT2D eigenvalue weighted by atomic mass is 19.1. The molecule has 1 aliphatic heterocycles. The molecule has 2 N–H and O–H groups in total. The van der Waals surface area contributed by atoms with E-state index >= 15 is 0 Å². The Kier molecular flexibility index (Phi) is 3.95. The maximum absolute atomic E-state index is 13.1. The Morgan fingerprint density at radius 2 is 2.19 bits per heavy atom. The molecule has 0 bridgehead atoms. The van der Waals surface area contributed by atoms with Crippen molar-refractivity contribution < 1.29 is 14.3 Å². The van der Waals surface area contributed by atoms with Gasteiger partial charge in [-0.3, -0.25) is 4.79 Å². The second kappa shape index (κ2) is 5.73. The molecule has 2 fully saturated rings. The molecule has 1 atom stereocenters. The van der Waals surface area contributed by atoms with E-state index in [2.05, 4.69) is 10.2 Å². The Balaban J connectivity index is 1.54. The van der Waals surface area contributed by atoms with Crippen LogP contribution in [0, 0.1) is 17.2 Å². The second-order valence-corrected chi connectivity index (χ2v) is 6.18. The number of hydrogen-bond donors (Lipinski definition) is 2. The van der Waals surface area contributed by atoms with E-state index in [1.165, 1.54) is 12.1 Å². The molecule has 1 unspecified atom stereocenters. The molecular weight excluding hydrogens is 271 g/mol. The first-order chi connectivity index (χ1) is 10.1. The molecule has 114 valence electrons. The van der Waals surface area contributed by atoms with Gasteiger partial charge in [0.05, 0.1) is 6.61 Å². The third kappa shape index (κ3) is 3.09. The molecule has 4 nitrogen and oxygen atoms in total. The van der Waals surface area contributed by atoms with E-state index in [0.29, 0.717) is 5.69 Å². The van der Waals surface area contributed by atoms with Crippen LogP contribution >= 0.6 is 0 Å². The largest absolute Gasteiger partial charge is 0.395 e. The van der Waals surface area contributed by atoms with Gasteiger partial charge in [0.15, 0.2) is 0 Å². The zero-order valence-corrected chi connectivity index (χ0v) is 12.0. The molecule has 1 aromatic rings. The lowest BCUT2D eigenvalue weighted by Gasteiger charge is -2.32. The summed E-state index contributed by atoms with van der Waals surface area (Å²) in [5, 5.41) is 11.8. The first-order valence-electron chi connectivity index (χ1n) is 7.53. The third-order valence-corrected chi connectivity index (χ3v) is 4.87. The molecule has 1 spiro atoms. The van der Waals surface area contributed by atoms with E-state index < -0.39 is 0 Å². The smallest absolute Gasteiger partial charge is 0.228 e. The number of piperidine rings is 1. The molecule has 21 heavy (non-hydrogen) atoms. The molecule has 1 heterocycles. The lowest BCUT2D eigenvalue weighted by atomic mass is 9.90. The van der Waals surface area contributed by atoms with E-state index in [1.54, 1.807) is 12.1 Å². The Morgan fingerprint density at radius 1 is 1.43 bits per heavy atom. The highest BCUT2D eigenvalue weighted by molar-refractivity contribution is 5.95. The number of rotatable bonds is 4. The van der Waals surface area contributed by atoms with Gasteiger partial charge >= 0.3 is 0 Å². The quantitative estimate of drug-likeness (QED) is 0.890. The van der Waals surface area contributed by atoms with E-state index in [-0.39, 0.29) is 29.7 Å². The summed E-state index contributed by atoms with van der Waals surface area (Å²) in [6.07, 6.45) is 2.95. The van der Waals surface area contributed by atoms with Crippen LogP contribution < -0.4 is 5.32 Å². The molecule has 0 aromatic heterocycles. The standard InChI is InChI=1S/C16H21FN2O2/c17-12-2-1-3-13(10-12)18-15(21)14-11-16(14)4-6-19(7-5-16)8-9-20/h1-3,10,14,20H,4-9,11H2,(H,18,21). The van der Waals surface area contributed by atoms with Crippen LogP contribution in [0.3, 0.4) is 0 Å². The number of carbonyl (C=O) groups excluding carboxylic acids is 1. The van der Waals surface area contributed by atoms with Crippen molar-refractivity contribution in [3.8, 4) is 0 Å². The summed E-state index contributed by atoms with van der Waals surface area (Å²) in [5.41, 5.74) is 0.670. The third-order valence-electron chi connectivity index (χ3n) is 4.87. The number of aliphatic hydroxyl groups excluding tert-OH is 1. The average Bonchev–Trinajstić information content (AvgIpc) is 3.16. The number of nitrogens with one attached hydrogen (secondary N) is 1. The fraction of sp³-hybridized carbons (Fsp3) is 0.562. The Labute approximate surface area is 124 Å². The van der Waals surface area contributed by atoms with Crippen molar-refractivity contribution in [3.05, 3.63) is 30.1 Å². The van der Waals surface area contributed by atoms with Gasteiger partial charge in [0, 0.05) is 18.2 Å². The van der Waals surface area contributed by atoms with Crippen LogP contribution in [0.4, 0.5) is 10.1 Å². The van der Waals surface area contributed by atoms with Crippen LogP contribution in [-0.2, 0) is 4.79 Å². The predicted molar refractivity (Wildman–Crippen MR) is 78.3 cm³/mol. The molecule has 0 radical (unpaired) electrons. The molecule has 2 aliphatic rings. The van der Waals surface area contributed by atoms with Crippen molar-refractivity contribution >= 4 is 11.6 Å². The van der Waals surface area contributed by atoms with Crippen molar-refractivity contribution in [2.24, 2.45) is 11.3 Å². The van der Waals surface area contributed by atoms with Gasteiger partial charge < -0.3 is 15.3 Å². The van der Waals surface area contributed by atoms with Crippen LogP contribution in [0.25, 0.3) is 0 Å². The number of anilines is 1. The molecular formula is C16H21FN2O2. The minimum Gasteiger partial charge on any atom is -0.395 e. The molecule has 3 rings (SSSR count). The zero-order valence-electron chi connectivity index (χ0n) is 12.0. The van der Waals surface area contributed by atoms with Gasteiger partial charge in [-0.2, -0.15) is 0 Å². The number of amides is 1. The molecule has 1 amide bonds. The highest BCUT2D eigenvalue weighted by Crippen LogP contribution is 2.59. The van der Waals surface area contributed by atoms with Gasteiger partial charge in [-0.1, -0.05) is 6.07 Å². The lowest BCUT2D eigenvalue weighted by molar-refractivity contribution is -0.118. The normalized spacial score (nSPS) is 24.0. The number of hydrogen-bond acceptors (Lipinski definition) is 3. The van der Waals surface area contributed by atoms with E-state index in [0.717, 1.165) is 38.9 Å². The van der Waals surface area contributed by atoms with E-state index in [4.69, 9.17) is 5.11 Å². The van der Waals surface area contributed by atoms with Gasteiger partial charge in [0.25, 0.3) is 0 Å². The lowest BCUT2D eigenvalue weighted by Crippen LogP contribution is -2.37. The summed E-state index contributed by atoms with van der Waals surface area (Å²) in [7, 11) is 0. The number of carbonyl (C=O) groups is 1. The average molecular weight is 292 g/mol. The van der Waals surface area contributed by atoms with Crippen LogP contribution in [0.15, 0.2) is 24.3 Å². The van der Waals surface area contributed by atoms with Crippen molar-refractivity contribution in [2.45, 2.75) is 19.3 Å². The number of nitrogens with zero attached hydrogens (tertiary/aromatic N) is 1. The van der Waals surface area contributed by atoms with Crippen molar-refractivity contribution in [2.75, 3.05) is 31.6 Å². The minimum atomic E-state index is -0.337. The summed E-state index contributed by atoms with van der Waals surface area (Å²) in [6.45, 7) is 2.81. The summed E-state index contributed by atoms with van der Waals surface area (Å²) in [6, 6.07) is 6.02. The van der Waals surface area contributed by atoms with E-state index in [1.807, 2.05) is 0 Å². The first-order valence-corrected chi connectivity index (χ1v) is 7.53. The predicted octanol–water partition coefficient (Wildman–Crippen LogP) is 1.86. The van der Waals surface area contributed by atoms with Crippen molar-refractivity contribution in [1.29, 1.82) is 0 Å². The zero-order chi connectivity index (χ0) is 14.9. The molecule has 1 saturated heterocycles. The van der Waals surface area contributed by atoms with Crippen LogP contribution in [0.2, 0.25) is 0 Å². The monoisotopic (exact) mass is 292 g/mol. The van der Waals surface area contributed by atoms with Gasteiger partial charge in [-0.15, -0.1) is 0 Å². The SMILES string of the molecule is O=C(Nc1cccc(F)c1)C1CC12CCN(CCO)CC2. The van der Waals surface area contributed by atoms with Gasteiger partial charge in [0.2, 0.25) is 5.91 Å². The molecule has 1 aromatic carbocycles. The van der Waals surface area contributed by atoms with Crippen molar-refractivity contribution in [1.82, 2.24) is 4.90 Å². The van der Waals surface area contributed by atoms with Crippen LogP contribution in [0.5, 0.6) is 0 Å². The summed E-state index contributed by atoms with van der Waals surface area (Å²) in [4.78, 5) is 14.5. The number of aliphatic hydroxyl groups is 1. The van der Waals surface area contributed by atoms with Gasteiger partial charge in [0.1, 0.15) is 5.82 Å². The number of benzene rings is 1. The minimum absolute atomic E-state index is 0.0104. The Hall–Kier alpha value is -1.46. The topological polar surface area (TPSA) is 52.6 Å². The highest BCUT2D eigenvalue weighted by Gasteiger charge is 2.58. The molecule has 5 heteroatoms. The van der Waals surface area contributed by atoms with Gasteiger partial charge in [-0.05, 0) is 56.0 Å². The summed E-state index contributed by atoms with van der Waals surface area (Å²) in [5.74, 6) is -0.274. The Bertz CT molecular complexity index is 527. The number of likely N-dealkylation sites (tertiary alicyclic amines) is 1. The number of halogens is 1. The molecule has 1 saturated carbocycles. The fourth-order valence-electron chi connectivity index (χ4n) is 3.43. The molecule has 1 aliphatic carbocycles. The maximum Gasteiger partial charge on any atom is 0.228 e. The van der Waals surface area contributed by atoms with Gasteiger partial charge in [-0.25, -0.2) is 4.39 Å². The summed E-state index contributed by atoms with van der Waals surface area (Å²) < 4.78 is 13.1. The second-order valence-electron chi connectivity index (χ2n) is 6.18. The van der Waals surface area contributed by atoms with Crippen molar-refractivity contribution in [3.63, 3.8) is 0 Å². The van der Waals surface area contributed by atoms with E-state index in [9.17, 15) is 9.18 Å².